The molecule has 0 aromatic heterocycles. The molecule has 0 bridgehead atoms. The summed E-state index contributed by atoms with van der Waals surface area (Å²) in [6, 6.07) is 0. The van der Waals surface area contributed by atoms with Crippen molar-refractivity contribution in [1.82, 2.24) is 0 Å². The average Bonchev–Trinajstić information content (AvgIpc) is 3.12. The fraction of sp³-hybridized carbons (Fsp3) is 0.909. The van der Waals surface area contributed by atoms with Crippen LogP contribution >= 0.6 is 0 Å². The highest BCUT2D eigenvalue weighted by atomic mass is 16.4. The number of allylic oxidation sites excluding steroid dienone is 1. The van der Waals surface area contributed by atoms with E-state index in [1.54, 1.807) is 6.92 Å². The van der Waals surface area contributed by atoms with Gasteiger partial charge in [0, 0.05) is 17.4 Å². The Labute approximate surface area is 230 Å². The lowest BCUT2D eigenvalue weighted by atomic mass is 9.24. The number of hydrogen-bond acceptors (Lipinski definition) is 4. The van der Waals surface area contributed by atoms with Crippen molar-refractivity contribution in [3.05, 3.63) is 12.2 Å². The monoisotopic (exact) mass is 530 g/mol. The van der Waals surface area contributed by atoms with E-state index >= 15 is 0 Å². The molecule has 5 heteroatoms. The highest BCUT2D eigenvalue weighted by molar-refractivity contribution is 5.77. The lowest BCUT2D eigenvalue weighted by Crippen LogP contribution is -2.78. The zero-order chi connectivity index (χ0) is 28.5. The fourth-order valence-corrected chi connectivity index (χ4v) is 13.2. The van der Waals surface area contributed by atoms with E-state index in [1.807, 2.05) is 6.92 Å². The molecular formula is C33H54O5. The first-order chi connectivity index (χ1) is 17.3. The smallest absolute Gasteiger partial charge is 0.312 e. The third-order valence-electron chi connectivity index (χ3n) is 16.4. The van der Waals surface area contributed by atoms with Crippen molar-refractivity contribution in [2.75, 3.05) is 6.61 Å². The molecule has 4 N–H and O–H groups in total. The molecule has 0 heterocycles. The highest BCUT2D eigenvalue weighted by Gasteiger charge is 2.81. The van der Waals surface area contributed by atoms with Gasteiger partial charge in [0.2, 0.25) is 0 Å². The number of aliphatic hydroxyl groups excluding tert-OH is 3. The van der Waals surface area contributed by atoms with Crippen LogP contribution in [0.2, 0.25) is 0 Å². The number of carbonyl (C=O) groups is 1. The molecule has 12 unspecified atom stereocenters. The van der Waals surface area contributed by atoms with Gasteiger partial charge in [0.1, 0.15) is 0 Å². The number of carboxylic acid groups (broad SMARTS) is 1. The first-order valence-electron chi connectivity index (χ1n) is 15.2. The summed E-state index contributed by atoms with van der Waals surface area (Å²) in [6.45, 7) is 22.4. The Bertz CT molecular complexity index is 1060. The molecule has 38 heavy (non-hydrogen) atoms. The Hall–Kier alpha value is -0.910. The third kappa shape index (κ3) is 2.56. The average molecular weight is 531 g/mol. The van der Waals surface area contributed by atoms with Gasteiger partial charge >= 0.3 is 5.97 Å². The van der Waals surface area contributed by atoms with Crippen molar-refractivity contribution < 1.29 is 25.2 Å². The van der Waals surface area contributed by atoms with Crippen LogP contribution in [0.25, 0.3) is 0 Å². The van der Waals surface area contributed by atoms with Gasteiger partial charge in [-0.2, -0.15) is 0 Å². The summed E-state index contributed by atoms with van der Waals surface area (Å²) in [5.74, 6) is -0.472. The molecule has 0 aliphatic heterocycles. The van der Waals surface area contributed by atoms with Crippen LogP contribution in [0, 0.1) is 55.2 Å². The Balaban J connectivity index is 1.69. The summed E-state index contributed by atoms with van der Waals surface area (Å²) < 4.78 is 0. The number of rotatable bonds is 3. The number of carboxylic acids is 1. The van der Waals surface area contributed by atoms with Crippen molar-refractivity contribution in [1.29, 1.82) is 0 Å². The third-order valence-corrected chi connectivity index (χ3v) is 16.4. The summed E-state index contributed by atoms with van der Waals surface area (Å²) in [5.41, 5.74) is -2.14. The van der Waals surface area contributed by atoms with Crippen LogP contribution in [0.3, 0.4) is 0 Å². The van der Waals surface area contributed by atoms with E-state index in [4.69, 9.17) is 0 Å². The van der Waals surface area contributed by atoms with Gasteiger partial charge < -0.3 is 20.4 Å². The molecule has 0 saturated heterocycles. The molecule has 5 aliphatic carbocycles. The lowest BCUT2D eigenvalue weighted by molar-refractivity contribution is -0.345. The van der Waals surface area contributed by atoms with E-state index in [-0.39, 0.29) is 39.6 Å². The van der Waals surface area contributed by atoms with E-state index in [1.165, 1.54) is 18.4 Å². The Morgan fingerprint density at radius 2 is 1.37 bits per heavy atom. The summed E-state index contributed by atoms with van der Waals surface area (Å²) >= 11 is 0. The summed E-state index contributed by atoms with van der Waals surface area (Å²) in [4.78, 5) is 12.9. The summed E-state index contributed by atoms with van der Waals surface area (Å²) in [7, 11) is 0. The maximum Gasteiger partial charge on any atom is 0.312 e. The lowest BCUT2D eigenvalue weighted by Gasteiger charge is -2.80. The molecule has 5 fully saturated rings. The van der Waals surface area contributed by atoms with Crippen molar-refractivity contribution >= 4 is 5.97 Å². The molecule has 0 spiro atoms. The van der Waals surface area contributed by atoms with Crippen molar-refractivity contribution in [2.45, 2.75) is 125 Å². The molecule has 0 aromatic carbocycles. The molecule has 5 saturated carbocycles. The normalized spacial score (nSPS) is 59.8. The van der Waals surface area contributed by atoms with E-state index in [2.05, 4.69) is 48.1 Å². The van der Waals surface area contributed by atoms with Gasteiger partial charge in [0.15, 0.2) is 0 Å². The minimum atomic E-state index is -1.53. The van der Waals surface area contributed by atoms with E-state index in [0.717, 1.165) is 25.7 Å². The van der Waals surface area contributed by atoms with Crippen LogP contribution in [-0.4, -0.2) is 45.2 Å². The Morgan fingerprint density at radius 3 is 1.92 bits per heavy atom. The minimum absolute atomic E-state index is 0.0385. The van der Waals surface area contributed by atoms with Gasteiger partial charge in [-0.05, 0) is 111 Å². The van der Waals surface area contributed by atoms with Crippen LogP contribution in [-0.2, 0) is 4.79 Å². The van der Waals surface area contributed by atoms with Crippen molar-refractivity contribution in [3.8, 4) is 0 Å². The minimum Gasteiger partial charge on any atom is -0.481 e. The van der Waals surface area contributed by atoms with Gasteiger partial charge in [0.05, 0.1) is 17.6 Å². The maximum atomic E-state index is 12.9. The summed E-state index contributed by atoms with van der Waals surface area (Å²) in [6.07, 6.45) is 5.92. The largest absolute Gasteiger partial charge is 0.481 e. The Kier molecular flexibility index (Phi) is 5.93. The van der Waals surface area contributed by atoms with Crippen molar-refractivity contribution in [2.24, 2.45) is 55.2 Å². The van der Waals surface area contributed by atoms with Gasteiger partial charge in [-0.15, -0.1) is 0 Å². The zero-order valence-corrected chi connectivity index (χ0v) is 25.3. The first-order valence-corrected chi connectivity index (χ1v) is 15.2. The molecule has 12 atom stereocenters. The van der Waals surface area contributed by atoms with Crippen LogP contribution in [0.15, 0.2) is 12.2 Å². The standard InChI is InChI=1S/C33H54O5/c1-20(2)21-10-13-28(5)26(21,3)16-17-29(6)27(4)18-24(36)32(9)31(8,25(37)38)23(35)12-15-33(32,19-34)22(27)11-14-30(28,29)7/h21-24,34-36H,1,10-19H2,2-9H3,(H,37,38). The SMILES string of the molecule is C=C(C)C1CCC2(C)C1(C)CCC1(C)C3(C)CC(O)C4(C)C(CO)(CCC(O)C4(C)C(=O)O)C3CCC21C. The van der Waals surface area contributed by atoms with Crippen LogP contribution in [0.5, 0.6) is 0 Å². The fourth-order valence-electron chi connectivity index (χ4n) is 13.2. The second kappa shape index (κ2) is 7.88. The molecule has 5 rings (SSSR count). The molecule has 0 aromatic rings. The van der Waals surface area contributed by atoms with Gasteiger partial charge in [-0.1, -0.05) is 53.7 Å². The predicted molar refractivity (Wildman–Crippen MR) is 149 cm³/mol. The Morgan fingerprint density at radius 1 is 0.789 bits per heavy atom. The molecule has 0 radical (unpaired) electrons. The maximum absolute atomic E-state index is 12.9. The predicted octanol–water partition coefficient (Wildman–Crippen LogP) is 6.20. The number of hydrogen-bond donors (Lipinski definition) is 4. The van der Waals surface area contributed by atoms with Gasteiger partial charge in [0.25, 0.3) is 0 Å². The van der Waals surface area contributed by atoms with Gasteiger partial charge in [-0.25, -0.2) is 0 Å². The number of fused-ring (bicyclic) bond motifs is 7. The molecule has 5 nitrogen and oxygen atoms in total. The molecule has 216 valence electrons. The van der Waals surface area contributed by atoms with E-state index in [9.17, 15) is 25.2 Å². The first kappa shape index (κ1) is 28.6. The zero-order valence-electron chi connectivity index (χ0n) is 25.3. The van der Waals surface area contributed by atoms with Crippen LogP contribution < -0.4 is 0 Å². The topological polar surface area (TPSA) is 98.0 Å². The highest BCUT2D eigenvalue weighted by Crippen LogP contribution is 2.85. The number of aliphatic carboxylic acids is 1. The van der Waals surface area contributed by atoms with Gasteiger partial charge in [-0.3, -0.25) is 4.79 Å². The summed E-state index contributed by atoms with van der Waals surface area (Å²) in [5, 5.41) is 45.1. The van der Waals surface area contributed by atoms with E-state index in [0.29, 0.717) is 25.2 Å². The molecular weight excluding hydrogens is 476 g/mol. The van der Waals surface area contributed by atoms with Crippen molar-refractivity contribution in [3.63, 3.8) is 0 Å². The molecule has 0 amide bonds. The van der Waals surface area contributed by atoms with Crippen LogP contribution in [0.1, 0.15) is 113 Å². The molecule has 5 aliphatic rings. The number of aliphatic hydroxyl groups is 3. The second-order valence-corrected chi connectivity index (χ2v) is 16.2. The van der Waals surface area contributed by atoms with Crippen LogP contribution in [0.4, 0.5) is 0 Å². The van der Waals surface area contributed by atoms with E-state index < -0.39 is 34.4 Å². The second-order valence-electron chi connectivity index (χ2n) is 16.2. The quantitative estimate of drug-likeness (QED) is 0.326.